The Kier molecular flexibility index (Phi) is 4.42. The van der Waals surface area contributed by atoms with Crippen LogP contribution in [0.1, 0.15) is 12.5 Å². The Morgan fingerprint density at radius 1 is 1.59 bits per heavy atom. The predicted molar refractivity (Wildman–Crippen MR) is 71.6 cm³/mol. The van der Waals surface area contributed by atoms with Crippen molar-refractivity contribution in [1.29, 1.82) is 0 Å². The molecule has 1 N–H and O–H groups in total. The first-order valence-electron chi connectivity index (χ1n) is 5.86. The fourth-order valence-electron chi connectivity index (χ4n) is 2.04. The zero-order valence-corrected chi connectivity index (χ0v) is 11.8. The summed E-state index contributed by atoms with van der Waals surface area (Å²) < 4.78 is 12.1. The molecule has 1 aliphatic rings. The van der Waals surface area contributed by atoms with Gasteiger partial charge in [0.1, 0.15) is 11.9 Å². The van der Waals surface area contributed by atoms with Crippen LogP contribution >= 0.6 is 15.9 Å². The molecule has 1 aromatic carbocycles. The molecular weight excluding hydrogens is 282 g/mol. The van der Waals surface area contributed by atoms with Crippen LogP contribution < -0.4 is 10.1 Å². The van der Waals surface area contributed by atoms with Gasteiger partial charge in [0.2, 0.25) is 0 Å². The topological polar surface area (TPSA) is 30.5 Å². The van der Waals surface area contributed by atoms with Gasteiger partial charge < -0.3 is 14.8 Å². The van der Waals surface area contributed by atoms with Gasteiger partial charge in [-0.15, -0.1) is 0 Å². The first-order chi connectivity index (χ1) is 8.19. The van der Waals surface area contributed by atoms with E-state index in [4.69, 9.17) is 9.47 Å². The number of hydrogen-bond acceptors (Lipinski definition) is 3. The second-order valence-electron chi connectivity index (χ2n) is 4.46. The minimum absolute atomic E-state index is 0.235. The van der Waals surface area contributed by atoms with Crippen molar-refractivity contribution in [2.45, 2.75) is 25.5 Å². The van der Waals surface area contributed by atoms with Crippen molar-refractivity contribution in [3.05, 3.63) is 28.2 Å². The third kappa shape index (κ3) is 3.44. The van der Waals surface area contributed by atoms with Gasteiger partial charge in [-0.1, -0.05) is 15.9 Å². The van der Waals surface area contributed by atoms with Crippen molar-refractivity contribution in [3.63, 3.8) is 0 Å². The molecule has 0 aliphatic carbocycles. The van der Waals surface area contributed by atoms with E-state index < -0.39 is 0 Å². The van der Waals surface area contributed by atoms with Crippen molar-refractivity contribution in [1.82, 2.24) is 5.32 Å². The van der Waals surface area contributed by atoms with Crippen molar-refractivity contribution in [2.24, 2.45) is 0 Å². The normalized spacial score (nSPS) is 19.8. The van der Waals surface area contributed by atoms with E-state index in [0.717, 1.165) is 29.8 Å². The molecule has 1 aromatic rings. The highest BCUT2D eigenvalue weighted by molar-refractivity contribution is 9.10. The van der Waals surface area contributed by atoms with Gasteiger partial charge in [0.25, 0.3) is 0 Å². The average Bonchev–Trinajstić information content (AvgIpc) is 2.68. The molecule has 0 saturated heterocycles. The maximum absolute atomic E-state index is 5.87. The Balaban J connectivity index is 1.84. The molecule has 94 valence electrons. The highest BCUT2D eigenvalue weighted by Gasteiger charge is 2.22. The molecule has 1 aliphatic heterocycles. The molecule has 4 heteroatoms. The summed E-state index contributed by atoms with van der Waals surface area (Å²) in [6.07, 6.45) is 1.21. The van der Waals surface area contributed by atoms with Crippen LogP contribution in [-0.4, -0.2) is 32.4 Å². The van der Waals surface area contributed by atoms with E-state index in [2.05, 4.69) is 34.2 Å². The Morgan fingerprint density at radius 2 is 2.41 bits per heavy atom. The van der Waals surface area contributed by atoms with Crippen LogP contribution in [-0.2, 0) is 11.2 Å². The first-order valence-corrected chi connectivity index (χ1v) is 6.65. The lowest BCUT2D eigenvalue weighted by atomic mass is 10.1. The van der Waals surface area contributed by atoms with Gasteiger partial charge in [-0.3, -0.25) is 0 Å². The molecule has 0 radical (unpaired) electrons. The molecule has 17 heavy (non-hydrogen) atoms. The van der Waals surface area contributed by atoms with E-state index in [9.17, 15) is 0 Å². The second kappa shape index (κ2) is 5.85. The largest absolute Gasteiger partial charge is 0.488 e. The lowest BCUT2D eigenvalue weighted by Gasteiger charge is -2.16. The van der Waals surface area contributed by atoms with Crippen LogP contribution in [0.4, 0.5) is 0 Å². The van der Waals surface area contributed by atoms with E-state index in [1.165, 1.54) is 5.56 Å². The van der Waals surface area contributed by atoms with Gasteiger partial charge in [0.05, 0.1) is 6.61 Å². The predicted octanol–water partition coefficient (Wildman–Crippen LogP) is 2.38. The fraction of sp³-hybridized carbons (Fsp3) is 0.538. The standard InChI is InChI=1S/C13H18BrNO2/c1-9(8-16-2)15-7-12-6-10-5-11(14)3-4-13(10)17-12/h3-5,9,12,15H,6-8H2,1-2H3. The minimum atomic E-state index is 0.235. The first kappa shape index (κ1) is 12.9. The lowest BCUT2D eigenvalue weighted by molar-refractivity contribution is 0.160. The highest BCUT2D eigenvalue weighted by Crippen LogP contribution is 2.30. The Bertz CT molecular complexity index is 384. The highest BCUT2D eigenvalue weighted by atomic mass is 79.9. The van der Waals surface area contributed by atoms with Gasteiger partial charge in [0.15, 0.2) is 0 Å². The summed E-state index contributed by atoms with van der Waals surface area (Å²) in [4.78, 5) is 0. The smallest absolute Gasteiger partial charge is 0.123 e. The summed E-state index contributed by atoms with van der Waals surface area (Å²) in [5, 5.41) is 3.41. The Morgan fingerprint density at radius 3 is 3.18 bits per heavy atom. The number of halogens is 1. The van der Waals surface area contributed by atoms with Crippen molar-refractivity contribution in [3.8, 4) is 5.75 Å². The number of ether oxygens (including phenoxy) is 2. The molecule has 0 fully saturated rings. The van der Waals surface area contributed by atoms with E-state index in [-0.39, 0.29) is 6.10 Å². The molecule has 0 aromatic heterocycles. The third-order valence-corrected chi connectivity index (χ3v) is 3.37. The van der Waals surface area contributed by atoms with Gasteiger partial charge in [0, 0.05) is 30.6 Å². The van der Waals surface area contributed by atoms with Crippen LogP contribution in [0.5, 0.6) is 5.75 Å². The maximum atomic E-state index is 5.87. The van der Waals surface area contributed by atoms with Crippen LogP contribution in [0.25, 0.3) is 0 Å². The monoisotopic (exact) mass is 299 g/mol. The molecule has 0 saturated carbocycles. The molecule has 0 amide bonds. The number of fused-ring (bicyclic) bond motifs is 1. The summed E-state index contributed by atoms with van der Waals surface area (Å²) in [7, 11) is 1.72. The molecule has 0 spiro atoms. The van der Waals surface area contributed by atoms with Gasteiger partial charge >= 0.3 is 0 Å². The van der Waals surface area contributed by atoms with Crippen molar-refractivity contribution >= 4 is 15.9 Å². The molecule has 2 unspecified atom stereocenters. The number of nitrogens with one attached hydrogen (secondary N) is 1. The van der Waals surface area contributed by atoms with Crippen LogP contribution in [0.3, 0.4) is 0 Å². The Hall–Kier alpha value is -0.580. The summed E-state index contributed by atoms with van der Waals surface area (Å²) in [5.41, 5.74) is 1.28. The lowest BCUT2D eigenvalue weighted by Crippen LogP contribution is -2.38. The summed E-state index contributed by atoms with van der Waals surface area (Å²) in [5.74, 6) is 1.01. The summed E-state index contributed by atoms with van der Waals surface area (Å²) in [6.45, 7) is 3.70. The molecular formula is C13H18BrNO2. The average molecular weight is 300 g/mol. The quantitative estimate of drug-likeness (QED) is 0.905. The van der Waals surface area contributed by atoms with Crippen molar-refractivity contribution in [2.75, 3.05) is 20.3 Å². The Labute approximate surface area is 111 Å². The fourth-order valence-corrected chi connectivity index (χ4v) is 2.45. The van der Waals surface area contributed by atoms with Crippen molar-refractivity contribution < 1.29 is 9.47 Å². The zero-order chi connectivity index (χ0) is 12.3. The number of methoxy groups -OCH3 is 1. The number of rotatable bonds is 5. The molecule has 2 atom stereocenters. The number of hydrogen-bond donors (Lipinski definition) is 1. The summed E-state index contributed by atoms with van der Waals surface area (Å²) >= 11 is 3.48. The second-order valence-corrected chi connectivity index (χ2v) is 5.38. The molecule has 2 rings (SSSR count). The molecule has 3 nitrogen and oxygen atoms in total. The van der Waals surface area contributed by atoms with Gasteiger partial charge in [-0.2, -0.15) is 0 Å². The van der Waals surface area contributed by atoms with E-state index in [0.29, 0.717) is 6.04 Å². The maximum Gasteiger partial charge on any atom is 0.123 e. The van der Waals surface area contributed by atoms with Crippen LogP contribution in [0.2, 0.25) is 0 Å². The van der Waals surface area contributed by atoms with Gasteiger partial charge in [-0.25, -0.2) is 0 Å². The molecule has 0 bridgehead atoms. The minimum Gasteiger partial charge on any atom is -0.488 e. The zero-order valence-electron chi connectivity index (χ0n) is 10.2. The van der Waals surface area contributed by atoms with Crippen LogP contribution in [0, 0.1) is 0 Å². The third-order valence-electron chi connectivity index (χ3n) is 2.87. The van der Waals surface area contributed by atoms with E-state index in [1.54, 1.807) is 7.11 Å². The summed E-state index contributed by atoms with van der Waals surface area (Å²) in [6, 6.07) is 6.53. The SMILES string of the molecule is COCC(C)NCC1Cc2cc(Br)ccc2O1. The molecule has 1 heterocycles. The van der Waals surface area contributed by atoms with Crippen LogP contribution in [0.15, 0.2) is 22.7 Å². The van der Waals surface area contributed by atoms with E-state index in [1.807, 2.05) is 12.1 Å². The number of benzene rings is 1. The van der Waals surface area contributed by atoms with E-state index >= 15 is 0 Å². The van der Waals surface area contributed by atoms with Gasteiger partial charge in [-0.05, 0) is 30.7 Å².